The molecule has 1 aromatic carbocycles. The molecule has 0 spiro atoms. The van der Waals surface area contributed by atoms with Crippen molar-refractivity contribution >= 4 is 22.8 Å². The predicted octanol–water partition coefficient (Wildman–Crippen LogP) is 2.24. The smallest absolute Gasteiger partial charge is 0.254 e. The molecule has 0 saturated heterocycles. The molecule has 0 aliphatic rings. The number of imidazole rings is 1. The van der Waals surface area contributed by atoms with Gasteiger partial charge in [0.05, 0.1) is 23.1 Å². The Kier molecular flexibility index (Phi) is 3.74. The largest absolute Gasteiger partial charge is 0.362 e. The van der Waals surface area contributed by atoms with Crippen LogP contribution in [0.5, 0.6) is 0 Å². The normalized spacial score (nSPS) is 10.6. The number of hydrogen-bond donors (Lipinski definition) is 3. The maximum atomic E-state index is 11.8. The van der Waals surface area contributed by atoms with Crippen molar-refractivity contribution in [1.29, 1.82) is 0 Å². The van der Waals surface area contributed by atoms with Crippen molar-refractivity contribution in [2.75, 3.05) is 12.4 Å². The van der Waals surface area contributed by atoms with Crippen LogP contribution < -0.4 is 10.6 Å². The van der Waals surface area contributed by atoms with Gasteiger partial charge in [-0.3, -0.25) is 4.79 Å². The van der Waals surface area contributed by atoms with Crippen LogP contribution in [-0.2, 0) is 6.54 Å². The molecule has 2 heterocycles. The summed E-state index contributed by atoms with van der Waals surface area (Å²) < 4.78 is 0. The average Bonchev–Trinajstić information content (AvgIpc) is 2.97. The van der Waals surface area contributed by atoms with E-state index in [0.29, 0.717) is 17.9 Å². The average molecular weight is 295 g/mol. The minimum Gasteiger partial charge on any atom is -0.362 e. The second kappa shape index (κ2) is 5.85. The van der Waals surface area contributed by atoms with E-state index in [9.17, 15) is 4.79 Å². The molecular formula is C16H17N5O. The van der Waals surface area contributed by atoms with Gasteiger partial charge >= 0.3 is 0 Å². The number of para-hydroxylation sites is 1. The van der Waals surface area contributed by atoms with Gasteiger partial charge in [-0.1, -0.05) is 12.1 Å². The highest BCUT2D eigenvalue weighted by atomic mass is 16.1. The monoisotopic (exact) mass is 295 g/mol. The lowest BCUT2D eigenvalue weighted by atomic mass is 10.2. The molecule has 2 aromatic heterocycles. The molecule has 0 aliphatic heterocycles. The van der Waals surface area contributed by atoms with E-state index >= 15 is 0 Å². The van der Waals surface area contributed by atoms with E-state index in [4.69, 9.17) is 0 Å². The maximum Gasteiger partial charge on any atom is 0.254 e. The zero-order chi connectivity index (χ0) is 15.5. The van der Waals surface area contributed by atoms with E-state index in [1.165, 1.54) is 0 Å². The Labute approximate surface area is 128 Å². The molecule has 22 heavy (non-hydrogen) atoms. The van der Waals surface area contributed by atoms with Crippen LogP contribution in [0.25, 0.3) is 11.0 Å². The third-order valence-electron chi connectivity index (χ3n) is 3.47. The fourth-order valence-electron chi connectivity index (χ4n) is 2.34. The number of amides is 1. The summed E-state index contributed by atoms with van der Waals surface area (Å²) in [7, 11) is 1.60. The van der Waals surface area contributed by atoms with E-state index < -0.39 is 0 Å². The van der Waals surface area contributed by atoms with Crippen molar-refractivity contribution in [3.63, 3.8) is 0 Å². The molecule has 0 atom stereocenters. The number of fused-ring (bicyclic) bond motifs is 1. The first kappa shape index (κ1) is 14.1. The van der Waals surface area contributed by atoms with Crippen LogP contribution in [0.2, 0.25) is 0 Å². The summed E-state index contributed by atoms with van der Waals surface area (Å²) in [6, 6.07) is 9.49. The third kappa shape index (κ3) is 2.63. The molecular weight excluding hydrogens is 278 g/mol. The van der Waals surface area contributed by atoms with E-state index in [-0.39, 0.29) is 5.91 Å². The first-order chi connectivity index (χ1) is 10.7. The molecule has 3 N–H and O–H groups in total. The lowest BCUT2D eigenvalue weighted by molar-refractivity contribution is 0.0963. The van der Waals surface area contributed by atoms with Crippen molar-refractivity contribution in [2.45, 2.75) is 13.5 Å². The molecule has 0 radical (unpaired) electrons. The van der Waals surface area contributed by atoms with Gasteiger partial charge in [0, 0.05) is 13.2 Å². The Morgan fingerprint density at radius 3 is 2.91 bits per heavy atom. The highest BCUT2D eigenvalue weighted by Gasteiger charge is 2.11. The van der Waals surface area contributed by atoms with Crippen molar-refractivity contribution < 1.29 is 4.79 Å². The number of rotatable bonds is 4. The van der Waals surface area contributed by atoms with E-state index in [1.807, 2.05) is 25.1 Å². The van der Waals surface area contributed by atoms with Gasteiger partial charge < -0.3 is 15.6 Å². The number of aromatic amines is 1. The third-order valence-corrected chi connectivity index (χ3v) is 3.47. The Bertz CT molecular complexity index is 824. The van der Waals surface area contributed by atoms with Gasteiger partial charge in [0.15, 0.2) is 0 Å². The SMILES string of the molecule is CNC(=O)c1cccnc1NCc1nc2c(C)cccc2[nH]1. The van der Waals surface area contributed by atoms with E-state index in [0.717, 1.165) is 22.4 Å². The summed E-state index contributed by atoms with van der Waals surface area (Å²) in [6.45, 7) is 2.50. The molecule has 0 fully saturated rings. The van der Waals surface area contributed by atoms with Crippen LogP contribution in [-0.4, -0.2) is 27.9 Å². The van der Waals surface area contributed by atoms with Crippen LogP contribution in [0.15, 0.2) is 36.5 Å². The summed E-state index contributed by atoms with van der Waals surface area (Å²) in [6.07, 6.45) is 1.65. The molecule has 0 bridgehead atoms. The predicted molar refractivity (Wildman–Crippen MR) is 85.8 cm³/mol. The number of aromatic nitrogens is 3. The lowest BCUT2D eigenvalue weighted by Gasteiger charge is -2.08. The van der Waals surface area contributed by atoms with Gasteiger partial charge in [0.1, 0.15) is 11.6 Å². The summed E-state index contributed by atoms with van der Waals surface area (Å²) in [5.41, 5.74) is 3.61. The molecule has 3 aromatic rings. The molecule has 1 amide bonds. The van der Waals surface area contributed by atoms with Crippen molar-refractivity contribution in [3.05, 3.63) is 53.5 Å². The van der Waals surface area contributed by atoms with Crippen LogP contribution in [0, 0.1) is 6.92 Å². The highest BCUT2D eigenvalue weighted by Crippen LogP contribution is 2.17. The maximum absolute atomic E-state index is 11.8. The Hall–Kier alpha value is -2.89. The highest BCUT2D eigenvalue weighted by molar-refractivity contribution is 5.98. The fourth-order valence-corrected chi connectivity index (χ4v) is 2.34. The minimum absolute atomic E-state index is 0.170. The van der Waals surface area contributed by atoms with Crippen LogP contribution >= 0.6 is 0 Å². The topological polar surface area (TPSA) is 82.7 Å². The number of anilines is 1. The molecule has 6 nitrogen and oxygen atoms in total. The zero-order valence-corrected chi connectivity index (χ0v) is 12.5. The van der Waals surface area contributed by atoms with Crippen LogP contribution in [0.4, 0.5) is 5.82 Å². The molecule has 0 aliphatic carbocycles. The number of hydrogen-bond acceptors (Lipinski definition) is 4. The second-order valence-electron chi connectivity index (χ2n) is 4.99. The number of carbonyl (C=O) groups excluding carboxylic acids is 1. The molecule has 112 valence electrons. The number of benzene rings is 1. The van der Waals surface area contributed by atoms with Crippen LogP contribution in [0.1, 0.15) is 21.7 Å². The van der Waals surface area contributed by atoms with Gasteiger partial charge in [0.25, 0.3) is 5.91 Å². The van der Waals surface area contributed by atoms with Crippen molar-refractivity contribution in [3.8, 4) is 0 Å². The lowest BCUT2D eigenvalue weighted by Crippen LogP contribution is -2.20. The van der Waals surface area contributed by atoms with Gasteiger partial charge in [0.2, 0.25) is 0 Å². The number of aryl methyl sites for hydroxylation is 1. The second-order valence-corrected chi connectivity index (χ2v) is 4.99. The van der Waals surface area contributed by atoms with Crippen molar-refractivity contribution in [1.82, 2.24) is 20.3 Å². The van der Waals surface area contributed by atoms with Gasteiger partial charge in [-0.25, -0.2) is 9.97 Å². The Morgan fingerprint density at radius 2 is 2.14 bits per heavy atom. The van der Waals surface area contributed by atoms with Gasteiger partial charge in [-0.15, -0.1) is 0 Å². The zero-order valence-electron chi connectivity index (χ0n) is 12.5. The molecule has 6 heteroatoms. The van der Waals surface area contributed by atoms with Crippen LogP contribution in [0.3, 0.4) is 0 Å². The number of carbonyl (C=O) groups is 1. The molecule has 0 saturated carbocycles. The minimum atomic E-state index is -0.170. The summed E-state index contributed by atoms with van der Waals surface area (Å²) in [5, 5.41) is 5.77. The fraction of sp³-hybridized carbons (Fsp3) is 0.188. The summed E-state index contributed by atoms with van der Waals surface area (Å²) in [4.78, 5) is 23.9. The van der Waals surface area contributed by atoms with E-state index in [1.54, 1.807) is 25.4 Å². The first-order valence-electron chi connectivity index (χ1n) is 7.04. The standard InChI is InChI=1S/C16H17N5O/c1-10-5-3-7-12-14(10)21-13(20-12)9-19-15-11(16(22)17-2)6-4-8-18-15/h3-8H,9H2,1-2H3,(H,17,22)(H,18,19)(H,20,21). The number of H-pyrrole nitrogens is 1. The Morgan fingerprint density at radius 1 is 1.27 bits per heavy atom. The summed E-state index contributed by atoms with van der Waals surface area (Å²) >= 11 is 0. The van der Waals surface area contributed by atoms with Gasteiger partial charge in [-0.2, -0.15) is 0 Å². The number of pyridine rings is 1. The molecule has 3 rings (SSSR count). The molecule has 0 unspecified atom stereocenters. The van der Waals surface area contributed by atoms with Gasteiger partial charge in [-0.05, 0) is 30.7 Å². The van der Waals surface area contributed by atoms with E-state index in [2.05, 4.69) is 25.6 Å². The summed E-state index contributed by atoms with van der Waals surface area (Å²) in [5.74, 6) is 1.17. The quantitative estimate of drug-likeness (QED) is 0.689. The number of nitrogens with one attached hydrogen (secondary N) is 3. The number of nitrogens with zero attached hydrogens (tertiary/aromatic N) is 2. The first-order valence-corrected chi connectivity index (χ1v) is 7.04. The Balaban J connectivity index is 1.82. The van der Waals surface area contributed by atoms with Crippen molar-refractivity contribution in [2.24, 2.45) is 0 Å².